The normalized spacial score (nSPS) is 23.2. The summed E-state index contributed by atoms with van der Waals surface area (Å²) >= 11 is 0. The molecule has 1 N–H and O–H groups in total. The number of nitrogens with zero attached hydrogens (tertiary/aromatic N) is 3. The van der Waals surface area contributed by atoms with Crippen LogP contribution in [0.25, 0.3) is 0 Å². The van der Waals surface area contributed by atoms with Crippen LogP contribution in [-0.2, 0) is 13.5 Å². The van der Waals surface area contributed by atoms with Crippen LogP contribution in [0.3, 0.4) is 0 Å². The highest BCUT2D eigenvalue weighted by atomic mass is 15.3. The van der Waals surface area contributed by atoms with Crippen molar-refractivity contribution in [2.45, 2.75) is 19.4 Å². The second-order valence-corrected chi connectivity index (χ2v) is 4.29. The molecule has 0 saturated carbocycles. The van der Waals surface area contributed by atoms with Crippen molar-refractivity contribution in [1.29, 1.82) is 0 Å². The Morgan fingerprint density at radius 3 is 3.13 bits per heavy atom. The number of aromatic nitrogens is 2. The van der Waals surface area contributed by atoms with Gasteiger partial charge < -0.3 is 5.32 Å². The van der Waals surface area contributed by atoms with Gasteiger partial charge in [-0.3, -0.25) is 9.58 Å². The van der Waals surface area contributed by atoms with Gasteiger partial charge in [-0.1, -0.05) is 0 Å². The minimum absolute atomic E-state index is 0.659. The van der Waals surface area contributed by atoms with E-state index in [1.807, 2.05) is 17.9 Å². The molecule has 15 heavy (non-hydrogen) atoms. The fraction of sp³-hybridized carbons (Fsp3) is 0.727. The van der Waals surface area contributed by atoms with E-state index in [2.05, 4.69) is 28.3 Å². The number of piperazine rings is 1. The van der Waals surface area contributed by atoms with Crippen LogP contribution < -0.4 is 5.32 Å². The maximum absolute atomic E-state index is 4.19. The topological polar surface area (TPSA) is 33.1 Å². The largest absolute Gasteiger partial charge is 0.314 e. The van der Waals surface area contributed by atoms with Crippen molar-refractivity contribution < 1.29 is 0 Å². The first-order valence-corrected chi connectivity index (χ1v) is 5.69. The van der Waals surface area contributed by atoms with Crippen molar-refractivity contribution in [2.24, 2.45) is 7.05 Å². The molecule has 1 atom stereocenters. The third-order valence-electron chi connectivity index (χ3n) is 3.22. The molecule has 1 saturated heterocycles. The van der Waals surface area contributed by atoms with Gasteiger partial charge in [0.1, 0.15) is 0 Å². The van der Waals surface area contributed by atoms with Crippen LogP contribution >= 0.6 is 0 Å². The zero-order valence-corrected chi connectivity index (χ0v) is 9.61. The van der Waals surface area contributed by atoms with Gasteiger partial charge in [0.25, 0.3) is 0 Å². The quantitative estimate of drug-likeness (QED) is 0.773. The Balaban J connectivity index is 1.84. The van der Waals surface area contributed by atoms with E-state index >= 15 is 0 Å². The Hall–Kier alpha value is -0.870. The highest BCUT2D eigenvalue weighted by Crippen LogP contribution is 2.05. The maximum Gasteiger partial charge on any atom is 0.0492 e. The zero-order chi connectivity index (χ0) is 10.7. The molecule has 1 aliphatic heterocycles. The lowest BCUT2D eigenvalue weighted by atomic mass is 10.2. The van der Waals surface area contributed by atoms with E-state index in [9.17, 15) is 0 Å². The summed E-state index contributed by atoms with van der Waals surface area (Å²) in [6.45, 7) is 6.83. The van der Waals surface area contributed by atoms with Crippen molar-refractivity contribution in [1.82, 2.24) is 20.0 Å². The average molecular weight is 208 g/mol. The highest BCUT2D eigenvalue weighted by molar-refractivity contribution is 5.00. The van der Waals surface area contributed by atoms with Crippen LogP contribution in [0, 0.1) is 0 Å². The van der Waals surface area contributed by atoms with E-state index in [1.54, 1.807) is 0 Å². The van der Waals surface area contributed by atoms with Crippen LogP contribution in [0.15, 0.2) is 12.3 Å². The van der Waals surface area contributed by atoms with Crippen molar-refractivity contribution in [3.8, 4) is 0 Å². The van der Waals surface area contributed by atoms with Crippen molar-refractivity contribution in [3.63, 3.8) is 0 Å². The van der Waals surface area contributed by atoms with Crippen molar-refractivity contribution in [2.75, 3.05) is 26.2 Å². The standard InChI is InChI=1S/C11H20N4/c1-10-9-12-6-8-15(10)7-4-11-3-5-13-14(11)2/h3,5,10,12H,4,6-9H2,1-2H3/t10-/m0/s1. The van der Waals surface area contributed by atoms with Gasteiger partial charge in [-0.25, -0.2) is 0 Å². The molecule has 1 fully saturated rings. The predicted octanol–water partition coefficient (Wildman–Crippen LogP) is 0.256. The minimum atomic E-state index is 0.659. The lowest BCUT2D eigenvalue weighted by molar-refractivity contribution is 0.175. The van der Waals surface area contributed by atoms with Crippen LogP contribution in [0.1, 0.15) is 12.6 Å². The smallest absolute Gasteiger partial charge is 0.0492 e. The summed E-state index contributed by atoms with van der Waals surface area (Å²) in [5.74, 6) is 0. The molecule has 2 rings (SSSR count). The number of aryl methyl sites for hydroxylation is 1. The molecule has 84 valence electrons. The molecule has 2 heterocycles. The molecule has 0 radical (unpaired) electrons. The Morgan fingerprint density at radius 1 is 1.60 bits per heavy atom. The third kappa shape index (κ3) is 2.58. The SMILES string of the molecule is C[C@H]1CNCCN1CCc1ccnn1C. The van der Waals surface area contributed by atoms with Gasteiger partial charge in [-0.05, 0) is 13.0 Å². The molecule has 0 spiro atoms. The average Bonchev–Trinajstić information content (AvgIpc) is 2.63. The van der Waals surface area contributed by atoms with E-state index in [-0.39, 0.29) is 0 Å². The summed E-state index contributed by atoms with van der Waals surface area (Å²) in [5, 5.41) is 7.60. The number of hydrogen-bond donors (Lipinski definition) is 1. The molecular weight excluding hydrogens is 188 g/mol. The van der Waals surface area contributed by atoms with Gasteiger partial charge in [0.2, 0.25) is 0 Å². The van der Waals surface area contributed by atoms with E-state index < -0.39 is 0 Å². The molecule has 1 aromatic rings. The van der Waals surface area contributed by atoms with Crippen LogP contribution in [0.4, 0.5) is 0 Å². The molecule has 4 heteroatoms. The first kappa shape index (κ1) is 10.6. The number of nitrogens with one attached hydrogen (secondary N) is 1. The van der Waals surface area contributed by atoms with Gasteiger partial charge >= 0.3 is 0 Å². The molecule has 0 unspecified atom stereocenters. The molecule has 0 aromatic carbocycles. The Bertz CT molecular complexity index is 307. The third-order valence-corrected chi connectivity index (χ3v) is 3.22. The van der Waals surface area contributed by atoms with Crippen molar-refractivity contribution in [3.05, 3.63) is 18.0 Å². The predicted molar refractivity (Wildman–Crippen MR) is 60.8 cm³/mol. The fourth-order valence-corrected chi connectivity index (χ4v) is 2.12. The fourth-order valence-electron chi connectivity index (χ4n) is 2.12. The summed E-state index contributed by atoms with van der Waals surface area (Å²) in [5.41, 5.74) is 1.32. The lowest BCUT2D eigenvalue weighted by Gasteiger charge is -2.33. The monoisotopic (exact) mass is 208 g/mol. The maximum atomic E-state index is 4.19. The molecule has 0 bridgehead atoms. The van der Waals surface area contributed by atoms with Gasteiger partial charge in [0.15, 0.2) is 0 Å². The molecule has 0 amide bonds. The Labute approximate surface area is 91.3 Å². The van der Waals surface area contributed by atoms with Crippen molar-refractivity contribution >= 4 is 0 Å². The van der Waals surface area contributed by atoms with E-state index in [4.69, 9.17) is 0 Å². The highest BCUT2D eigenvalue weighted by Gasteiger charge is 2.17. The van der Waals surface area contributed by atoms with Crippen LogP contribution in [0.5, 0.6) is 0 Å². The van der Waals surface area contributed by atoms with Gasteiger partial charge in [-0.15, -0.1) is 0 Å². The number of rotatable bonds is 3. The summed E-state index contributed by atoms with van der Waals surface area (Å²) in [4.78, 5) is 2.55. The van der Waals surface area contributed by atoms with Gasteiger partial charge in [0.05, 0.1) is 0 Å². The minimum Gasteiger partial charge on any atom is -0.314 e. The molecule has 0 aliphatic carbocycles. The van der Waals surface area contributed by atoms with E-state index in [0.29, 0.717) is 6.04 Å². The molecule has 1 aromatic heterocycles. The Kier molecular flexibility index (Phi) is 3.38. The molecule has 1 aliphatic rings. The lowest BCUT2D eigenvalue weighted by Crippen LogP contribution is -2.50. The first-order valence-electron chi connectivity index (χ1n) is 5.69. The van der Waals surface area contributed by atoms with Crippen LogP contribution in [0.2, 0.25) is 0 Å². The first-order chi connectivity index (χ1) is 7.27. The summed E-state index contributed by atoms with van der Waals surface area (Å²) in [7, 11) is 2.01. The summed E-state index contributed by atoms with van der Waals surface area (Å²) < 4.78 is 1.97. The van der Waals surface area contributed by atoms with Gasteiger partial charge in [-0.2, -0.15) is 5.10 Å². The molecule has 4 nitrogen and oxygen atoms in total. The van der Waals surface area contributed by atoms with E-state index in [1.165, 1.54) is 12.2 Å². The second-order valence-electron chi connectivity index (χ2n) is 4.29. The summed E-state index contributed by atoms with van der Waals surface area (Å²) in [6.07, 6.45) is 2.97. The zero-order valence-electron chi connectivity index (χ0n) is 9.61. The van der Waals surface area contributed by atoms with Crippen LogP contribution in [-0.4, -0.2) is 46.9 Å². The Morgan fingerprint density at radius 2 is 2.47 bits per heavy atom. The van der Waals surface area contributed by atoms with E-state index in [0.717, 1.165) is 26.1 Å². The molecular formula is C11H20N4. The number of hydrogen-bond acceptors (Lipinski definition) is 3. The van der Waals surface area contributed by atoms with Gasteiger partial charge in [0, 0.05) is 57.6 Å². The summed E-state index contributed by atoms with van der Waals surface area (Å²) in [6, 6.07) is 2.76. The second kappa shape index (κ2) is 4.77.